The Bertz CT molecular complexity index is 323. The van der Waals surface area contributed by atoms with E-state index in [9.17, 15) is 13.2 Å². The molecule has 0 heterocycles. The fourth-order valence-electron chi connectivity index (χ4n) is 1.26. The average Bonchev–Trinajstić information content (AvgIpc) is 2.09. The lowest BCUT2D eigenvalue weighted by Gasteiger charge is -2.17. The van der Waals surface area contributed by atoms with Crippen LogP contribution in [0.3, 0.4) is 0 Å². The third-order valence-electron chi connectivity index (χ3n) is 2.02. The highest BCUT2D eigenvalue weighted by atomic mass is 19.3. The third-order valence-corrected chi connectivity index (χ3v) is 2.02. The summed E-state index contributed by atoms with van der Waals surface area (Å²) in [5, 5.41) is 8.45. The van der Waals surface area contributed by atoms with Crippen molar-refractivity contribution in [3.05, 3.63) is 35.1 Å². The molecule has 1 nitrogen and oxygen atoms in total. The zero-order valence-electron chi connectivity index (χ0n) is 7.73. The molecule has 0 aromatic heterocycles. The molecule has 0 saturated carbocycles. The van der Waals surface area contributed by atoms with Crippen LogP contribution >= 0.6 is 0 Å². The van der Waals surface area contributed by atoms with E-state index in [1.165, 1.54) is 13.0 Å². The van der Waals surface area contributed by atoms with Gasteiger partial charge in [-0.1, -0.05) is 6.07 Å². The standard InChI is InChI=1S/C10H11F3O/c1-7-2-3-8(11)6-9(7)10(12,13)4-5-14/h2-3,6,14H,4-5H2,1H3. The maximum absolute atomic E-state index is 13.3. The van der Waals surface area contributed by atoms with Gasteiger partial charge in [0.15, 0.2) is 0 Å². The van der Waals surface area contributed by atoms with Gasteiger partial charge in [0.1, 0.15) is 5.82 Å². The summed E-state index contributed by atoms with van der Waals surface area (Å²) in [5.74, 6) is -3.86. The van der Waals surface area contributed by atoms with Gasteiger partial charge in [-0.3, -0.25) is 0 Å². The fraction of sp³-hybridized carbons (Fsp3) is 0.400. The van der Waals surface area contributed by atoms with Crippen molar-refractivity contribution in [2.24, 2.45) is 0 Å². The van der Waals surface area contributed by atoms with Crippen molar-refractivity contribution in [1.82, 2.24) is 0 Å². The Morgan fingerprint density at radius 3 is 2.57 bits per heavy atom. The summed E-state index contributed by atoms with van der Waals surface area (Å²) in [5.41, 5.74) is -0.0311. The van der Waals surface area contributed by atoms with Crippen molar-refractivity contribution in [2.45, 2.75) is 19.3 Å². The van der Waals surface area contributed by atoms with Gasteiger partial charge in [-0.15, -0.1) is 0 Å². The van der Waals surface area contributed by atoms with Crippen molar-refractivity contribution in [3.8, 4) is 0 Å². The molecule has 0 bridgehead atoms. The van der Waals surface area contributed by atoms with Gasteiger partial charge in [0.25, 0.3) is 5.92 Å². The van der Waals surface area contributed by atoms with Crippen LogP contribution in [0.5, 0.6) is 0 Å². The largest absolute Gasteiger partial charge is 0.396 e. The first-order chi connectivity index (χ1) is 6.47. The Balaban J connectivity index is 3.10. The molecule has 0 atom stereocenters. The number of rotatable bonds is 3. The zero-order valence-corrected chi connectivity index (χ0v) is 7.73. The van der Waals surface area contributed by atoms with Crippen LogP contribution in [-0.4, -0.2) is 11.7 Å². The van der Waals surface area contributed by atoms with Crippen LogP contribution in [0.4, 0.5) is 13.2 Å². The highest BCUT2D eigenvalue weighted by Gasteiger charge is 2.32. The van der Waals surface area contributed by atoms with Crippen molar-refractivity contribution >= 4 is 0 Å². The van der Waals surface area contributed by atoms with Gasteiger partial charge in [-0.05, 0) is 24.6 Å². The number of benzene rings is 1. The fourth-order valence-corrected chi connectivity index (χ4v) is 1.26. The molecule has 0 fully saturated rings. The zero-order chi connectivity index (χ0) is 10.8. The summed E-state index contributed by atoms with van der Waals surface area (Å²) in [6, 6.07) is 3.24. The molecule has 14 heavy (non-hydrogen) atoms. The second-order valence-electron chi connectivity index (χ2n) is 3.14. The van der Waals surface area contributed by atoms with E-state index in [0.29, 0.717) is 5.56 Å². The molecule has 1 rings (SSSR count). The molecule has 0 amide bonds. The van der Waals surface area contributed by atoms with Gasteiger partial charge in [0.2, 0.25) is 0 Å². The highest BCUT2D eigenvalue weighted by Crippen LogP contribution is 2.33. The first kappa shape index (κ1) is 11.0. The summed E-state index contributed by atoms with van der Waals surface area (Å²) in [6.07, 6.45) is -0.683. The molecule has 0 saturated heterocycles. The molecule has 4 heteroatoms. The molecule has 0 aliphatic carbocycles. The molecule has 0 spiro atoms. The Morgan fingerprint density at radius 2 is 2.00 bits per heavy atom. The van der Waals surface area contributed by atoms with Crippen molar-refractivity contribution < 1.29 is 18.3 Å². The molecule has 1 aromatic carbocycles. The highest BCUT2D eigenvalue weighted by molar-refractivity contribution is 5.30. The van der Waals surface area contributed by atoms with Crippen LogP contribution in [0, 0.1) is 12.7 Å². The molecule has 0 unspecified atom stereocenters. The normalized spacial score (nSPS) is 11.8. The number of hydrogen-bond acceptors (Lipinski definition) is 1. The lowest BCUT2D eigenvalue weighted by atomic mass is 10.0. The Labute approximate surface area is 80.2 Å². The quantitative estimate of drug-likeness (QED) is 0.802. The van der Waals surface area contributed by atoms with Crippen LogP contribution in [0.15, 0.2) is 18.2 Å². The summed E-state index contributed by atoms with van der Waals surface area (Å²) >= 11 is 0. The van der Waals surface area contributed by atoms with E-state index >= 15 is 0 Å². The first-order valence-corrected chi connectivity index (χ1v) is 4.22. The Hall–Kier alpha value is -1.03. The Kier molecular flexibility index (Phi) is 3.16. The summed E-state index contributed by atoms with van der Waals surface area (Å²) in [7, 11) is 0. The molecule has 0 aliphatic rings. The SMILES string of the molecule is Cc1ccc(F)cc1C(F)(F)CCO. The van der Waals surface area contributed by atoms with Gasteiger partial charge < -0.3 is 5.11 Å². The maximum Gasteiger partial charge on any atom is 0.275 e. The van der Waals surface area contributed by atoms with Gasteiger partial charge in [-0.25, -0.2) is 13.2 Å². The smallest absolute Gasteiger partial charge is 0.275 e. The predicted octanol–water partition coefficient (Wildman–Crippen LogP) is 2.61. The van der Waals surface area contributed by atoms with Gasteiger partial charge in [-0.2, -0.15) is 0 Å². The van der Waals surface area contributed by atoms with Crippen molar-refractivity contribution in [1.29, 1.82) is 0 Å². The van der Waals surface area contributed by atoms with Crippen LogP contribution in [0.25, 0.3) is 0 Å². The maximum atomic E-state index is 13.3. The van der Waals surface area contributed by atoms with Crippen LogP contribution in [0.2, 0.25) is 0 Å². The molecule has 0 aliphatic heterocycles. The van der Waals surface area contributed by atoms with E-state index in [1.807, 2.05) is 0 Å². The number of hydrogen-bond donors (Lipinski definition) is 1. The second-order valence-corrected chi connectivity index (χ2v) is 3.14. The number of aryl methyl sites for hydroxylation is 1. The van der Waals surface area contributed by atoms with Gasteiger partial charge in [0.05, 0.1) is 0 Å². The van der Waals surface area contributed by atoms with Gasteiger partial charge in [0, 0.05) is 18.6 Å². The summed E-state index contributed by atoms with van der Waals surface area (Å²) in [4.78, 5) is 0. The lowest BCUT2D eigenvalue weighted by Crippen LogP contribution is -2.17. The Morgan fingerprint density at radius 1 is 1.36 bits per heavy atom. The monoisotopic (exact) mass is 204 g/mol. The summed E-state index contributed by atoms with van der Waals surface area (Å²) < 4.78 is 39.3. The van der Waals surface area contributed by atoms with E-state index in [2.05, 4.69) is 0 Å². The molecule has 0 radical (unpaired) electrons. The van der Waals surface area contributed by atoms with Crippen molar-refractivity contribution in [3.63, 3.8) is 0 Å². The molecule has 78 valence electrons. The molecular weight excluding hydrogens is 193 g/mol. The van der Waals surface area contributed by atoms with E-state index in [4.69, 9.17) is 5.11 Å². The third kappa shape index (κ3) is 2.26. The van der Waals surface area contributed by atoms with Crippen LogP contribution < -0.4 is 0 Å². The second kappa shape index (κ2) is 4.00. The minimum absolute atomic E-state index is 0.324. The minimum atomic E-state index is -3.17. The van der Waals surface area contributed by atoms with Crippen molar-refractivity contribution in [2.75, 3.05) is 6.61 Å². The van der Waals surface area contributed by atoms with E-state index in [1.54, 1.807) is 0 Å². The van der Waals surface area contributed by atoms with E-state index < -0.39 is 24.8 Å². The number of aliphatic hydroxyl groups excluding tert-OH is 1. The number of alkyl halides is 2. The molecular formula is C10H11F3O. The lowest BCUT2D eigenvalue weighted by molar-refractivity contribution is -0.0277. The number of aliphatic hydroxyl groups is 1. The predicted molar refractivity (Wildman–Crippen MR) is 46.7 cm³/mol. The minimum Gasteiger partial charge on any atom is -0.396 e. The first-order valence-electron chi connectivity index (χ1n) is 4.22. The van der Waals surface area contributed by atoms with E-state index in [-0.39, 0.29) is 5.56 Å². The van der Waals surface area contributed by atoms with Crippen LogP contribution in [0.1, 0.15) is 17.5 Å². The average molecular weight is 204 g/mol. The van der Waals surface area contributed by atoms with E-state index in [0.717, 1.165) is 12.1 Å². The molecule has 1 aromatic rings. The summed E-state index contributed by atoms with van der Waals surface area (Å²) in [6.45, 7) is 0.864. The molecule has 1 N–H and O–H groups in total. The van der Waals surface area contributed by atoms with Gasteiger partial charge >= 0.3 is 0 Å². The van der Waals surface area contributed by atoms with Crippen LogP contribution in [-0.2, 0) is 5.92 Å². The number of halogens is 3. The topological polar surface area (TPSA) is 20.2 Å².